The maximum atomic E-state index is 11.0. The molecule has 0 aliphatic rings. The SMILES string of the molecule is CC(=O)c1ccc(C(O)C(O)CCS)cc1. The summed E-state index contributed by atoms with van der Waals surface area (Å²) in [6.45, 7) is 1.49. The predicted molar refractivity (Wildman–Crippen MR) is 65.9 cm³/mol. The molecule has 2 unspecified atom stereocenters. The molecular weight excluding hydrogens is 224 g/mol. The van der Waals surface area contributed by atoms with Gasteiger partial charge in [0.25, 0.3) is 0 Å². The first-order chi connectivity index (χ1) is 7.56. The van der Waals surface area contributed by atoms with E-state index in [1.807, 2.05) is 0 Å². The van der Waals surface area contributed by atoms with E-state index in [4.69, 9.17) is 0 Å². The Morgan fingerprint density at radius 1 is 1.31 bits per heavy atom. The van der Waals surface area contributed by atoms with Gasteiger partial charge < -0.3 is 10.2 Å². The number of carbonyl (C=O) groups is 1. The van der Waals surface area contributed by atoms with Crippen LogP contribution in [-0.4, -0.2) is 27.9 Å². The number of aliphatic hydroxyl groups is 2. The summed E-state index contributed by atoms with van der Waals surface area (Å²) in [7, 11) is 0. The first kappa shape index (κ1) is 13.2. The number of hydrogen-bond acceptors (Lipinski definition) is 4. The van der Waals surface area contributed by atoms with Crippen LogP contribution < -0.4 is 0 Å². The largest absolute Gasteiger partial charge is 0.390 e. The van der Waals surface area contributed by atoms with Crippen LogP contribution in [0.15, 0.2) is 24.3 Å². The van der Waals surface area contributed by atoms with Gasteiger partial charge in [-0.3, -0.25) is 4.79 Å². The van der Waals surface area contributed by atoms with Crippen molar-refractivity contribution in [2.24, 2.45) is 0 Å². The highest BCUT2D eigenvalue weighted by Crippen LogP contribution is 2.19. The molecule has 0 heterocycles. The fourth-order valence-corrected chi connectivity index (χ4v) is 1.69. The minimum atomic E-state index is -0.923. The highest BCUT2D eigenvalue weighted by atomic mass is 32.1. The number of hydrogen-bond donors (Lipinski definition) is 3. The molecule has 2 N–H and O–H groups in total. The van der Waals surface area contributed by atoms with Gasteiger partial charge in [0.1, 0.15) is 6.10 Å². The van der Waals surface area contributed by atoms with Gasteiger partial charge in [-0.1, -0.05) is 24.3 Å². The lowest BCUT2D eigenvalue weighted by Crippen LogP contribution is -2.18. The van der Waals surface area contributed by atoms with Crippen LogP contribution in [0.1, 0.15) is 35.4 Å². The Labute approximate surface area is 101 Å². The highest BCUT2D eigenvalue weighted by molar-refractivity contribution is 7.80. The average Bonchev–Trinajstić information content (AvgIpc) is 2.28. The van der Waals surface area contributed by atoms with E-state index in [-0.39, 0.29) is 5.78 Å². The molecule has 1 aromatic rings. The molecule has 3 nitrogen and oxygen atoms in total. The van der Waals surface area contributed by atoms with Gasteiger partial charge in [-0.25, -0.2) is 0 Å². The molecule has 0 spiro atoms. The smallest absolute Gasteiger partial charge is 0.159 e. The monoisotopic (exact) mass is 240 g/mol. The summed E-state index contributed by atoms with van der Waals surface area (Å²) < 4.78 is 0. The number of thiol groups is 1. The Kier molecular flexibility index (Phi) is 4.99. The van der Waals surface area contributed by atoms with Crippen LogP contribution in [0.3, 0.4) is 0 Å². The van der Waals surface area contributed by atoms with Gasteiger partial charge in [-0.15, -0.1) is 0 Å². The first-order valence-electron chi connectivity index (χ1n) is 5.14. The van der Waals surface area contributed by atoms with E-state index in [2.05, 4.69) is 12.6 Å². The summed E-state index contributed by atoms with van der Waals surface area (Å²) >= 11 is 3.99. The van der Waals surface area contributed by atoms with Crippen molar-refractivity contribution < 1.29 is 15.0 Å². The van der Waals surface area contributed by atoms with Crippen LogP contribution in [0.4, 0.5) is 0 Å². The molecule has 0 radical (unpaired) electrons. The van der Waals surface area contributed by atoms with Crippen LogP contribution in [-0.2, 0) is 0 Å². The molecule has 0 aromatic heterocycles. The lowest BCUT2D eigenvalue weighted by atomic mass is 10.0. The standard InChI is InChI=1S/C12H16O3S/c1-8(13)9-2-4-10(5-3-9)12(15)11(14)6-7-16/h2-5,11-12,14-16H,6-7H2,1H3. The van der Waals surface area contributed by atoms with E-state index in [1.165, 1.54) is 6.92 Å². The van der Waals surface area contributed by atoms with Crippen molar-refractivity contribution in [1.29, 1.82) is 0 Å². The number of benzene rings is 1. The average molecular weight is 240 g/mol. The summed E-state index contributed by atoms with van der Waals surface area (Å²) in [5, 5.41) is 19.4. The molecule has 2 atom stereocenters. The molecule has 0 fully saturated rings. The summed E-state index contributed by atoms with van der Waals surface area (Å²) in [5.74, 6) is 0.501. The molecule has 16 heavy (non-hydrogen) atoms. The van der Waals surface area contributed by atoms with E-state index in [1.54, 1.807) is 24.3 Å². The Hall–Kier alpha value is -0.840. The fourth-order valence-electron chi connectivity index (χ4n) is 1.43. The van der Waals surface area contributed by atoms with Crippen LogP contribution in [0.2, 0.25) is 0 Å². The highest BCUT2D eigenvalue weighted by Gasteiger charge is 2.17. The van der Waals surface area contributed by atoms with Crippen molar-refractivity contribution in [3.05, 3.63) is 35.4 Å². The third kappa shape index (κ3) is 3.33. The van der Waals surface area contributed by atoms with Crippen molar-refractivity contribution in [2.75, 3.05) is 5.75 Å². The van der Waals surface area contributed by atoms with Crippen LogP contribution in [0, 0.1) is 0 Å². The number of aliphatic hydroxyl groups excluding tert-OH is 2. The van der Waals surface area contributed by atoms with Crippen molar-refractivity contribution in [1.82, 2.24) is 0 Å². The van der Waals surface area contributed by atoms with Gasteiger partial charge in [0.2, 0.25) is 0 Å². The summed E-state index contributed by atoms with van der Waals surface area (Å²) in [6, 6.07) is 6.61. The fraction of sp³-hybridized carbons (Fsp3) is 0.417. The third-order valence-electron chi connectivity index (χ3n) is 2.45. The normalized spacial score (nSPS) is 14.5. The van der Waals surface area contributed by atoms with Crippen LogP contribution >= 0.6 is 12.6 Å². The van der Waals surface area contributed by atoms with Crippen molar-refractivity contribution in [3.8, 4) is 0 Å². The van der Waals surface area contributed by atoms with E-state index in [0.29, 0.717) is 23.3 Å². The zero-order chi connectivity index (χ0) is 12.1. The Morgan fingerprint density at radius 3 is 2.31 bits per heavy atom. The Balaban J connectivity index is 2.77. The minimum absolute atomic E-state index is 0.0167. The molecule has 0 aliphatic heterocycles. The summed E-state index contributed by atoms with van der Waals surface area (Å²) in [6.07, 6.45) is -1.31. The van der Waals surface area contributed by atoms with Crippen LogP contribution in [0.5, 0.6) is 0 Å². The van der Waals surface area contributed by atoms with Crippen molar-refractivity contribution in [2.45, 2.75) is 25.6 Å². The molecule has 88 valence electrons. The van der Waals surface area contributed by atoms with E-state index in [0.717, 1.165) is 0 Å². The third-order valence-corrected chi connectivity index (χ3v) is 2.71. The van der Waals surface area contributed by atoms with Gasteiger partial charge in [0, 0.05) is 5.56 Å². The van der Waals surface area contributed by atoms with E-state index >= 15 is 0 Å². The molecule has 0 bridgehead atoms. The molecule has 0 saturated carbocycles. The quantitative estimate of drug-likeness (QED) is 0.541. The maximum absolute atomic E-state index is 11.0. The van der Waals surface area contributed by atoms with Crippen molar-refractivity contribution in [3.63, 3.8) is 0 Å². The Bertz CT molecular complexity index is 348. The van der Waals surface area contributed by atoms with Gasteiger partial charge in [0.05, 0.1) is 6.10 Å². The second kappa shape index (κ2) is 6.03. The molecule has 1 aromatic carbocycles. The van der Waals surface area contributed by atoms with Gasteiger partial charge >= 0.3 is 0 Å². The first-order valence-corrected chi connectivity index (χ1v) is 5.77. The minimum Gasteiger partial charge on any atom is -0.390 e. The number of ketones is 1. The second-order valence-corrected chi connectivity index (χ2v) is 4.15. The van der Waals surface area contributed by atoms with E-state index in [9.17, 15) is 15.0 Å². The molecule has 4 heteroatoms. The van der Waals surface area contributed by atoms with Crippen molar-refractivity contribution >= 4 is 18.4 Å². The zero-order valence-corrected chi connectivity index (χ0v) is 10.0. The van der Waals surface area contributed by atoms with Crippen LogP contribution in [0.25, 0.3) is 0 Å². The van der Waals surface area contributed by atoms with Gasteiger partial charge in [-0.05, 0) is 24.7 Å². The number of rotatable bonds is 5. The Morgan fingerprint density at radius 2 is 1.88 bits per heavy atom. The molecule has 0 amide bonds. The zero-order valence-electron chi connectivity index (χ0n) is 9.13. The predicted octanol–water partition coefficient (Wildman–Crippen LogP) is 1.60. The molecule has 0 saturated heterocycles. The van der Waals surface area contributed by atoms with Gasteiger partial charge in [0.15, 0.2) is 5.78 Å². The second-order valence-electron chi connectivity index (χ2n) is 3.70. The number of Topliss-reactive ketones (excluding diaryl/α,β-unsaturated/α-hetero) is 1. The lowest BCUT2D eigenvalue weighted by molar-refractivity contribution is 0.0172. The number of carbonyl (C=O) groups excluding carboxylic acids is 1. The molecule has 1 rings (SSSR count). The maximum Gasteiger partial charge on any atom is 0.159 e. The van der Waals surface area contributed by atoms with E-state index < -0.39 is 12.2 Å². The lowest BCUT2D eigenvalue weighted by Gasteiger charge is -2.17. The summed E-state index contributed by atoms with van der Waals surface area (Å²) in [5.41, 5.74) is 1.21. The van der Waals surface area contributed by atoms with Gasteiger partial charge in [-0.2, -0.15) is 12.6 Å². The molecular formula is C12H16O3S. The molecule has 0 aliphatic carbocycles. The summed E-state index contributed by atoms with van der Waals surface area (Å²) in [4.78, 5) is 11.0. The topological polar surface area (TPSA) is 57.5 Å².